The first kappa shape index (κ1) is 17.8. The first-order valence-electron chi connectivity index (χ1n) is 9.71. The van der Waals surface area contributed by atoms with Crippen LogP contribution in [0.2, 0.25) is 0 Å². The molecule has 1 aromatic carbocycles. The van der Waals surface area contributed by atoms with Crippen LogP contribution in [0.3, 0.4) is 0 Å². The van der Waals surface area contributed by atoms with E-state index in [-0.39, 0.29) is 17.9 Å². The van der Waals surface area contributed by atoms with E-state index in [1.807, 2.05) is 26.0 Å². The van der Waals surface area contributed by atoms with Crippen molar-refractivity contribution in [2.24, 2.45) is 5.92 Å². The van der Waals surface area contributed by atoms with Crippen molar-refractivity contribution in [2.45, 2.75) is 50.3 Å². The van der Waals surface area contributed by atoms with Crippen molar-refractivity contribution >= 4 is 5.91 Å². The molecule has 4 aliphatic heterocycles. The lowest BCUT2D eigenvalue weighted by Crippen LogP contribution is -2.62. The van der Waals surface area contributed by atoms with Gasteiger partial charge in [0.1, 0.15) is 11.4 Å². The third kappa shape index (κ3) is 2.64. The predicted octanol–water partition coefficient (Wildman–Crippen LogP) is 2.51. The summed E-state index contributed by atoms with van der Waals surface area (Å²) in [5.74, 6) is 1.93. The lowest BCUT2D eigenvalue weighted by Gasteiger charge is -2.51. The molecule has 0 aliphatic carbocycles. The van der Waals surface area contributed by atoms with Crippen molar-refractivity contribution in [3.05, 3.63) is 29.8 Å². The predicted molar refractivity (Wildman–Crippen MR) is 100 cm³/mol. The Morgan fingerprint density at radius 3 is 2.46 bits per heavy atom. The third-order valence-electron chi connectivity index (χ3n) is 6.82. The Kier molecular flexibility index (Phi) is 4.48. The van der Waals surface area contributed by atoms with Gasteiger partial charge in [-0.1, -0.05) is 18.2 Å². The number of carbonyl (C=O) groups excluding carboxylic acids is 1. The second kappa shape index (κ2) is 6.54. The fraction of sp³-hybridized carbons (Fsp3) is 0.667. The van der Waals surface area contributed by atoms with Gasteiger partial charge in [-0.25, -0.2) is 0 Å². The summed E-state index contributed by atoms with van der Waals surface area (Å²) in [5.41, 5.74) is 0.440. The maximum Gasteiger partial charge on any atom is 0.254 e. The Hall–Kier alpha value is -1.59. The molecular formula is C21H30N2O3. The molecule has 3 atom stereocenters. The van der Waals surface area contributed by atoms with Crippen LogP contribution in [-0.4, -0.2) is 67.2 Å². The number of ether oxygens (including phenoxy) is 2. The quantitative estimate of drug-likeness (QED) is 0.829. The Labute approximate surface area is 156 Å². The van der Waals surface area contributed by atoms with E-state index in [9.17, 15) is 4.79 Å². The maximum absolute atomic E-state index is 13.3. The first-order valence-corrected chi connectivity index (χ1v) is 9.71. The average molecular weight is 358 g/mol. The summed E-state index contributed by atoms with van der Waals surface area (Å²) in [4.78, 5) is 18.0. The molecule has 0 spiro atoms. The van der Waals surface area contributed by atoms with Gasteiger partial charge in [0.2, 0.25) is 0 Å². The number of benzene rings is 1. The van der Waals surface area contributed by atoms with E-state index in [1.165, 1.54) is 18.4 Å². The molecule has 142 valence electrons. The molecular weight excluding hydrogens is 328 g/mol. The van der Waals surface area contributed by atoms with Gasteiger partial charge in [-0.2, -0.15) is 0 Å². The van der Waals surface area contributed by atoms with E-state index >= 15 is 0 Å². The number of para-hydroxylation sites is 1. The minimum absolute atomic E-state index is 0.112. The Balaban J connectivity index is 1.74. The van der Waals surface area contributed by atoms with E-state index in [0.717, 1.165) is 25.4 Å². The number of amides is 1. The topological polar surface area (TPSA) is 42.0 Å². The van der Waals surface area contributed by atoms with Crippen molar-refractivity contribution in [1.29, 1.82) is 0 Å². The summed E-state index contributed by atoms with van der Waals surface area (Å²) >= 11 is 0. The van der Waals surface area contributed by atoms with Gasteiger partial charge in [-0.3, -0.25) is 9.69 Å². The molecule has 4 saturated heterocycles. The number of fused-ring (bicyclic) bond motifs is 2. The lowest BCUT2D eigenvalue weighted by atomic mass is 9.75. The van der Waals surface area contributed by atoms with Gasteiger partial charge < -0.3 is 14.4 Å². The van der Waals surface area contributed by atoms with Crippen LogP contribution in [0.4, 0.5) is 0 Å². The lowest BCUT2D eigenvalue weighted by molar-refractivity contribution is -0.155. The summed E-state index contributed by atoms with van der Waals surface area (Å²) in [5, 5.41) is 0. The molecule has 0 saturated carbocycles. The normalized spacial score (nSPS) is 33.2. The zero-order valence-electron chi connectivity index (χ0n) is 16.3. The van der Waals surface area contributed by atoms with Gasteiger partial charge in [0, 0.05) is 31.2 Å². The SMILES string of the molecule is COc1ccccc1[C@@H]1CN(C(=O)C(C)(C)OC)[C@@H]2C3CCN(CC3)[C@@H]21. The van der Waals surface area contributed by atoms with E-state index in [0.29, 0.717) is 12.0 Å². The molecule has 1 aromatic rings. The molecule has 4 fully saturated rings. The molecule has 0 unspecified atom stereocenters. The summed E-state index contributed by atoms with van der Waals surface area (Å²) in [7, 11) is 3.36. The smallest absolute Gasteiger partial charge is 0.254 e. The number of piperidine rings is 3. The van der Waals surface area contributed by atoms with E-state index in [4.69, 9.17) is 9.47 Å². The first-order chi connectivity index (χ1) is 12.5. The van der Waals surface area contributed by atoms with Gasteiger partial charge in [0.05, 0.1) is 13.2 Å². The molecule has 4 heterocycles. The minimum Gasteiger partial charge on any atom is -0.496 e. The van der Waals surface area contributed by atoms with Gasteiger partial charge in [0.15, 0.2) is 0 Å². The van der Waals surface area contributed by atoms with Gasteiger partial charge >= 0.3 is 0 Å². The van der Waals surface area contributed by atoms with E-state index in [1.54, 1.807) is 14.2 Å². The van der Waals surface area contributed by atoms with Gasteiger partial charge in [0.25, 0.3) is 5.91 Å². The van der Waals surface area contributed by atoms with Crippen LogP contribution in [0.25, 0.3) is 0 Å². The highest BCUT2D eigenvalue weighted by molar-refractivity contribution is 5.85. The average Bonchev–Trinajstić information content (AvgIpc) is 3.10. The van der Waals surface area contributed by atoms with Crippen LogP contribution in [0.1, 0.15) is 38.2 Å². The number of hydrogen-bond acceptors (Lipinski definition) is 4. The Bertz CT molecular complexity index is 682. The van der Waals surface area contributed by atoms with Crippen molar-refractivity contribution in [3.63, 3.8) is 0 Å². The molecule has 5 nitrogen and oxygen atoms in total. The third-order valence-corrected chi connectivity index (χ3v) is 6.82. The highest BCUT2D eigenvalue weighted by atomic mass is 16.5. The van der Waals surface area contributed by atoms with Crippen LogP contribution in [0, 0.1) is 5.92 Å². The molecule has 4 aliphatic rings. The number of rotatable bonds is 4. The highest BCUT2D eigenvalue weighted by Gasteiger charge is 2.56. The fourth-order valence-corrected chi connectivity index (χ4v) is 5.33. The van der Waals surface area contributed by atoms with Crippen molar-refractivity contribution in [3.8, 4) is 5.75 Å². The molecule has 0 aromatic heterocycles. The van der Waals surface area contributed by atoms with Crippen LogP contribution in [0.5, 0.6) is 5.75 Å². The zero-order chi connectivity index (χ0) is 18.5. The molecule has 0 radical (unpaired) electrons. The standard InChI is InChI=1S/C21H30N2O3/c1-21(2,26-4)20(24)23-13-16(15-7-5-6-8-17(15)25-3)19-18(23)14-9-11-22(19)12-10-14/h5-8,14,16,18-19H,9-13H2,1-4H3/t16-,18+,19+/m0/s1. The summed E-state index contributed by atoms with van der Waals surface area (Å²) in [6.07, 6.45) is 2.38. The number of hydrogen-bond donors (Lipinski definition) is 0. The molecule has 5 heteroatoms. The zero-order valence-corrected chi connectivity index (χ0v) is 16.3. The number of methoxy groups -OCH3 is 2. The second-order valence-electron chi connectivity index (χ2n) is 8.37. The number of likely N-dealkylation sites (tertiary alicyclic amines) is 1. The number of nitrogens with zero attached hydrogens (tertiary/aromatic N) is 2. The highest BCUT2D eigenvalue weighted by Crippen LogP contribution is 2.48. The van der Waals surface area contributed by atoms with Crippen molar-refractivity contribution in [1.82, 2.24) is 9.80 Å². The van der Waals surface area contributed by atoms with Crippen molar-refractivity contribution < 1.29 is 14.3 Å². The van der Waals surface area contributed by atoms with Crippen LogP contribution < -0.4 is 4.74 Å². The van der Waals surface area contributed by atoms with E-state index in [2.05, 4.69) is 21.9 Å². The summed E-state index contributed by atoms with van der Waals surface area (Å²) in [6, 6.07) is 8.96. The van der Waals surface area contributed by atoms with Crippen LogP contribution >= 0.6 is 0 Å². The van der Waals surface area contributed by atoms with Gasteiger partial charge in [-0.15, -0.1) is 0 Å². The van der Waals surface area contributed by atoms with E-state index < -0.39 is 5.60 Å². The number of carbonyl (C=O) groups is 1. The summed E-state index contributed by atoms with van der Waals surface area (Å²) < 4.78 is 11.2. The summed E-state index contributed by atoms with van der Waals surface area (Å²) in [6.45, 7) is 6.79. The molecule has 0 N–H and O–H groups in total. The molecule has 1 amide bonds. The maximum atomic E-state index is 13.3. The Morgan fingerprint density at radius 2 is 1.81 bits per heavy atom. The monoisotopic (exact) mass is 358 g/mol. The molecule has 2 bridgehead atoms. The van der Waals surface area contributed by atoms with Gasteiger partial charge in [-0.05, 0) is 51.8 Å². The molecule has 5 rings (SSSR count). The second-order valence-corrected chi connectivity index (χ2v) is 8.37. The van der Waals surface area contributed by atoms with Crippen LogP contribution in [0.15, 0.2) is 24.3 Å². The Morgan fingerprint density at radius 1 is 1.12 bits per heavy atom. The van der Waals surface area contributed by atoms with Crippen LogP contribution in [-0.2, 0) is 9.53 Å². The fourth-order valence-electron chi connectivity index (χ4n) is 5.33. The minimum atomic E-state index is -0.785. The largest absolute Gasteiger partial charge is 0.496 e. The van der Waals surface area contributed by atoms with Crippen molar-refractivity contribution in [2.75, 3.05) is 33.9 Å². The molecule has 26 heavy (non-hydrogen) atoms.